The van der Waals surface area contributed by atoms with Gasteiger partial charge in [0, 0.05) is 12.1 Å². The molecule has 0 aliphatic rings. The van der Waals surface area contributed by atoms with Crippen molar-refractivity contribution in [3.63, 3.8) is 0 Å². The standard InChI is InChI=1S/C12H13BN2O4/c1-19-11-5-6-12(16)15(14-11)8-9-3-2-4-10(7-9)13(17)18/h2-7,17-18H,8H2,1H3. The molecular formula is C12H13BN2O4. The van der Waals surface area contributed by atoms with E-state index in [-0.39, 0.29) is 12.1 Å². The van der Waals surface area contributed by atoms with Crippen molar-refractivity contribution in [3.8, 4) is 5.88 Å². The first kappa shape index (κ1) is 13.3. The molecular weight excluding hydrogens is 247 g/mol. The fourth-order valence-corrected chi connectivity index (χ4v) is 1.68. The van der Waals surface area contributed by atoms with Gasteiger partial charge in [0.25, 0.3) is 5.56 Å². The van der Waals surface area contributed by atoms with E-state index in [0.717, 1.165) is 5.56 Å². The number of benzene rings is 1. The zero-order valence-electron chi connectivity index (χ0n) is 10.4. The predicted octanol–water partition coefficient (Wildman–Crippen LogP) is -1.02. The van der Waals surface area contributed by atoms with Gasteiger partial charge in [-0.3, -0.25) is 4.79 Å². The van der Waals surface area contributed by atoms with E-state index in [1.807, 2.05) is 0 Å². The molecule has 7 heteroatoms. The summed E-state index contributed by atoms with van der Waals surface area (Å²) in [6.07, 6.45) is 0. The smallest absolute Gasteiger partial charge is 0.480 e. The van der Waals surface area contributed by atoms with Crippen molar-refractivity contribution >= 4 is 12.6 Å². The van der Waals surface area contributed by atoms with Crippen molar-refractivity contribution in [3.05, 3.63) is 52.3 Å². The normalized spacial score (nSPS) is 10.3. The first-order chi connectivity index (χ1) is 9.10. The highest BCUT2D eigenvalue weighted by molar-refractivity contribution is 6.58. The lowest BCUT2D eigenvalue weighted by molar-refractivity contribution is 0.379. The Balaban J connectivity index is 2.30. The molecule has 0 radical (unpaired) electrons. The molecule has 6 nitrogen and oxygen atoms in total. The Kier molecular flexibility index (Phi) is 3.98. The first-order valence-corrected chi connectivity index (χ1v) is 5.67. The highest BCUT2D eigenvalue weighted by Gasteiger charge is 2.11. The Morgan fingerprint density at radius 2 is 2.11 bits per heavy atom. The molecule has 1 aromatic heterocycles. The molecule has 0 aliphatic heterocycles. The lowest BCUT2D eigenvalue weighted by Gasteiger charge is -2.07. The monoisotopic (exact) mass is 260 g/mol. The van der Waals surface area contributed by atoms with Crippen LogP contribution in [0.3, 0.4) is 0 Å². The van der Waals surface area contributed by atoms with Crippen LogP contribution in [0.2, 0.25) is 0 Å². The fourth-order valence-electron chi connectivity index (χ4n) is 1.68. The van der Waals surface area contributed by atoms with E-state index in [9.17, 15) is 4.79 Å². The van der Waals surface area contributed by atoms with E-state index in [1.54, 1.807) is 24.3 Å². The van der Waals surface area contributed by atoms with Crippen LogP contribution in [-0.2, 0) is 6.54 Å². The van der Waals surface area contributed by atoms with Crippen LogP contribution < -0.4 is 15.8 Å². The Bertz CT molecular complexity index is 627. The van der Waals surface area contributed by atoms with Gasteiger partial charge in [-0.15, -0.1) is 5.10 Å². The summed E-state index contributed by atoms with van der Waals surface area (Å²) in [5.41, 5.74) is 0.859. The molecule has 2 aromatic rings. The molecule has 98 valence electrons. The maximum absolute atomic E-state index is 11.7. The summed E-state index contributed by atoms with van der Waals surface area (Å²) in [6, 6.07) is 9.53. The van der Waals surface area contributed by atoms with E-state index in [4.69, 9.17) is 14.8 Å². The van der Waals surface area contributed by atoms with Crippen LogP contribution in [0.1, 0.15) is 5.56 Å². The highest BCUT2D eigenvalue weighted by atomic mass is 16.5. The summed E-state index contributed by atoms with van der Waals surface area (Å²) >= 11 is 0. The summed E-state index contributed by atoms with van der Waals surface area (Å²) in [6.45, 7) is 0.233. The van der Waals surface area contributed by atoms with Crippen molar-refractivity contribution in [2.75, 3.05) is 7.11 Å². The van der Waals surface area contributed by atoms with Crippen molar-refractivity contribution in [1.82, 2.24) is 9.78 Å². The van der Waals surface area contributed by atoms with E-state index in [2.05, 4.69) is 5.10 Å². The van der Waals surface area contributed by atoms with E-state index < -0.39 is 7.12 Å². The topological polar surface area (TPSA) is 84.6 Å². The van der Waals surface area contributed by atoms with Gasteiger partial charge in [-0.2, -0.15) is 0 Å². The molecule has 0 aliphatic carbocycles. The van der Waals surface area contributed by atoms with Crippen LogP contribution in [0.25, 0.3) is 0 Å². The minimum absolute atomic E-state index is 0.233. The second-order valence-electron chi connectivity index (χ2n) is 3.99. The van der Waals surface area contributed by atoms with Crippen LogP contribution in [0.5, 0.6) is 5.88 Å². The molecule has 1 aromatic carbocycles. The summed E-state index contributed by atoms with van der Waals surface area (Å²) in [4.78, 5) is 11.7. The second-order valence-corrected chi connectivity index (χ2v) is 3.99. The predicted molar refractivity (Wildman–Crippen MR) is 70.4 cm³/mol. The Morgan fingerprint density at radius 1 is 1.32 bits per heavy atom. The number of aromatic nitrogens is 2. The largest absolute Gasteiger partial charge is 0.488 e. The summed E-state index contributed by atoms with van der Waals surface area (Å²) in [7, 11) is -0.0603. The second kappa shape index (κ2) is 5.68. The van der Waals surface area contributed by atoms with Gasteiger partial charge in [0.1, 0.15) is 0 Å². The Labute approximate surface area is 110 Å². The summed E-state index contributed by atoms with van der Waals surface area (Å²) < 4.78 is 6.21. The number of rotatable bonds is 4. The third kappa shape index (κ3) is 3.21. The number of ether oxygens (including phenoxy) is 1. The number of methoxy groups -OCH3 is 1. The van der Waals surface area contributed by atoms with Gasteiger partial charge in [-0.1, -0.05) is 24.3 Å². The van der Waals surface area contributed by atoms with Gasteiger partial charge in [0.15, 0.2) is 0 Å². The van der Waals surface area contributed by atoms with Gasteiger partial charge in [-0.05, 0) is 11.0 Å². The van der Waals surface area contributed by atoms with Crippen LogP contribution in [0, 0.1) is 0 Å². The van der Waals surface area contributed by atoms with Crippen molar-refractivity contribution in [1.29, 1.82) is 0 Å². The molecule has 0 unspecified atom stereocenters. The van der Waals surface area contributed by atoms with Crippen molar-refractivity contribution in [2.45, 2.75) is 6.54 Å². The van der Waals surface area contributed by atoms with Gasteiger partial charge >= 0.3 is 7.12 Å². The van der Waals surface area contributed by atoms with Gasteiger partial charge in [0.05, 0.1) is 13.7 Å². The first-order valence-electron chi connectivity index (χ1n) is 5.67. The van der Waals surface area contributed by atoms with Gasteiger partial charge < -0.3 is 14.8 Å². The highest BCUT2D eigenvalue weighted by Crippen LogP contribution is 2.03. The molecule has 0 spiro atoms. The van der Waals surface area contributed by atoms with Crippen molar-refractivity contribution < 1.29 is 14.8 Å². The third-order valence-corrected chi connectivity index (χ3v) is 2.63. The summed E-state index contributed by atoms with van der Waals surface area (Å²) in [5.74, 6) is 0.345. The summed E-state index contributed by atoms with van der Waals surface area (Å²) in [5, 5.41) is 22.2. The lowest BCUT2D eigenvalue weighted by Crippen LogP contribution is -2.30. The Morgan fingerprint density at radius 3 is 2.79 bits per heavy atom. The molecule has 2 N–H and O–H groups in total. The van der Waals surface area contributed by atoms with Crippen LogP contribution in [-0.4, -0.2) is 34.1 Å². The van der Waals surface area contributed by atoms with Gasteiger partial charge in [-0.25, -0.2) is 4.68 Å². The zero-order chi connectivity index (χ0) is 13.8. The zero-order valence-corrected chi connectivity index (χ0v) is 10.4. The van der Waals surface area contributed by atoms with E-state index in [1.165, 1.54) is 23.9 Å². The van der Waals surface area contributed by atoms with Crippen LogP contribution >= 0.6 is 0 Å². The van der Waals surface area contributed by atoms with Crippen LogP contribution in [0.4, 0.5) is 0 Å². The Hall–Kier alpha value is -2.12. The maximum Gasteiger partial charge on any atom is 0.488 e. The number of nitrogens with zero attached hydrogens (tertiary/aromatic N) is 2. The molecule has 0 bridgehead atoms. The third-order valence-electron chi connectivity index (χ3n) is 2.63. The van der Waals surface area contributed by atoms with Gasteiger partial charge in [0.2, 0.25) is 5.88 Å². The number of hydrogen-bond acceptors (Lipinski definition) is 5. The molecule has 0 amide bonds. The van der Waals surface area contributed by atoms with E-state index >= 15 is 0 Å². The average molecular weight is 260 g/mol. The average Bonchev–Trinajstić information content (AvgIpc) is 2.41. The molecule has 0 atom stereocenters. The number of hydrogen-bond donors (Lipinski definition) is 2. The minimum atomic E-state index is -1.53. The van der Waals surface area contributed by atoms with Crippen LogP contribution in [0.15, 0.2) is 41.2 Å². The van der Waals surface area contributed by atoms with Crippen molar-refractivity contribution in [2.24, 2.45) is 0 Å². The molecule has 0 saturated carbocycles. The van der Waals surface area contributed by atoms with E-state index in [0.29, 0.717) is 11.3 Å². The molecule has 0 saturated heterocycles. The SMILES string of the molecule is COc1ccc(=O)n(Cc2cccc(B(O)O)c2)n1. The molecule has 2 rings (SSSR count). The fraction of sp³-hybridized carbons (Fsp3) is 0.167. The lowest BCUT2D eigenvalue weighted by atomic mass is 9.80. The molecule has 19 heavy (non-hydrogen) atoms. The quantitative estimate of drug-likeness (QED) is 0.687. The molecule has 0 fully saturated rings. The minimum Gasteiger partial charge on any atom is -0.480 e. The maximum atomic E-state index is 11.7. The molecule has 1 heterocycles.